The van der Waals surface area contributed by atoms with Crippen molar-refractivity contribution in [3.05, 3.63) is 0 Å². The molecule has 2 aliphatic heterocycles. The smallest absolute Gasteiger partial charge is 0.191 e. The van der Waals surface area contributed by atoms with E-state index in [2.05, 4.69) is 27.6 Å². The Kier molecular flexibility index (Phi) is 8.01. The molecule has 0 aromatic heterocycles. The Morgan fingerprint density at radius 2 is 2.11 bits per heavy atom. The number of hydrogen-bond donors (Lipinski definition) is 2. The molecule has 5 nitrogen and oxygen atoms in total. The van der Waals surface area contributed by atoms with E-state index >= 15 is 0 Å². The zero-order chi connectivity index (χ0) is 12.8. The third-order valence-corrected chi connectivity index (χ3v) is 3.98. The van der Waals surface area contributed by atoms with Gasteiger partial charge < -0.3 is 20.3 Å². The number of likely N-dealkylation sites (tertiary alicyclic amines) is 1. The molecule has 2 N–H and O–H groups in total. The van der Waals surface area contributed by atoms with Crippen LogP contribution in [0, 0.1) is 5.92 Å². The Labute approximate surface area is 133 Å². The quantitative estimate of drug-likeness (QED) is 0.431. The third-order valence-electron chi connectivity index (χ3n) is 3.98. The minimum Gasteiger partial charge on any atom is -0.381 e. The van der Waals surface area contributed by atoms with Crippen molar-refractivity contribution < 1.29 is 4.74 Å². The number of hydrogen-bond acceptors (Lipinski definition) is 3. The Hall–Kier alpha value is -0.0800. The molecule has 19 heavy (non-hydrogen) atoms. The van der Waals surface area contributed by atoms with Crippen LogP contribution in [0.25, 0.3) is 0 Å². The van der Waals surface area contributed by atoms with E-state index in [1.165, 1.54) is 19.4 Å². The van der Waals surface area contributed by atoms with Crippen molar-refractivity contribution >= 4 is 29.9 Å². The van der Waals surface area contributed by atoms with E-state index in [4.69, 9.17) is 4.74 Å². The molecule has 2 unspecified atom stereocenters. The molecule has 0 saturated carbocycles. The molecule has 2 saturated heterocycles. The van der Waals surface area contributed by atoms with Crippen LogP contribution in [0.1, 0.15) is 19.3 Å². The van der Waals surface area contributed by atoms with Gasteiger partial charge in [0.05, 0.1) is 6.61 Å². The fourth-order valence-corrected chi connectivity index (χ4v) is 2.66. The maximum atomic E-state index is 5.37. The average molecular weight is 382 g/mol. The molecule has 2 atom stereocenters. The molecule has 0 aromatic carbocycles. The number of rotatable bonds is 4. The summed E-state index contributed by atoms with van der Waals surface area (Å²) in [5, 5.41) is 6.81. The molecule has 0 amide bonds. The molecule has 2 aliphatic rings. The zero-order valence-corrected chi connectivity index (χ0v) is 14.4. The SMILES string of the molecule is CN=C(NCC1CCOC1)NCC1CCCN1C.I. The van der Waals surface area contributed by atoms with Crippen LogP contribution in [0.15, 0.2) is 4.99 Å². The maximum Gasteiger partial charge on any atom is 0.191 e. The van der Waals surface area contributed by atoms with E-state index in [0.717, 1.165) is 38.7 Å². The van der Waals surface area contributed by atoms with Gasteiger partial charge in [0.25, 0.3) is 0 Å². The molecule has 2 fully saturated rings. The maximum absolute atomic E-state index is 5.37. The topological polar surface area (TPSA) is 48.9 Å². The highest BCUT2D eigenvalue weighted by Crippen LogP contribution is 2.13. The molecular weight excluding hydrogens is 355 g/mol. The molecule has 0 bridgehead atoms. The van der Waals surface area contributed by atoms with Crippen molar-refractivity contribution in [2.75, 3.05) is 46.9 Å². The van der Waals surface area contributed by atoms with E-state index in [1.54, 1.807) is 0 Å². The van der Waals surface area contributed by atoms with Crippen LogP contribution in [0.2, 0.25) is 0 Å². The minimum absolute atomic E-state index is 0. The molecule has 0 radical (unpaired) electrons. The van der Waals surface area contributed by atoms with Crippen molar-refractivity contribution in [3.8, 4) is 0 Å². The highest BCUT2D eigenvalue weighted by Gasteiger charge is 2.21. The summed E-state index contributed by atoms with van der Waals surface area (Å²) in [5.74, 6) is 1.56. The van der Waals surface area contributed by atoms with Crippen molar-refractivity contribution in [2.45, 2.75) is 25.3 Å². The van der Waals surface area contributed by atoms with E-state index in [0.29, 0.717) is 12.0 Å². The number of aliphatic imine (C=N–C) groups is 1. The second kappa shape index (κ2) is 8.97. The lowest BCUT2D eigenvalue weighted by Crippen LogP contribution is -2.45. The summed E-state index contributed by atoms with van der Waals surface area (Å²) in [6, 6.07) is 0.651. The molecule has 2 heterocycles. The van der Waals surface area contributed by atoms with E-state index in [1.807, 2.05) is 7.05 Å². The van der Waals surface area contributed by atoms with Crippen molar-refractivity contribution in [1.29, 1.82) is 0 Å². The second-order valence-electron chi connectivity index (χ2n) is 5.34. The van der Waals surface area contributed by atoms with Gasteiger partial charge in [-0.05, 0) is 32.9 Å². The number of likely N-dealkylation sites (N-methyl/N-ethyl adjacent to an activating group) is 1. The normalized spacial score (nSPS) is 28.2. The fraction of sp³-hybridized carbons (Fsp3) is 0.923. The molecule has 0 aliphatic carbocycles. The van der Waals surface area contributed by atoms with E-state index in [9.17, 15) is 0 Å². The van der Waals surface area contributed by atoms with Crippen LogP contribution in [0.4, 0.5) is 0 Å². The van der Waals surface area contributed by atoms with Gasteiger partial charge >= 0.3 is 0 Å². The van der Waals surface area contributed by atoms with Gasteiger partial charge in [-0.15, -0.1) is 24.0 Å². The number of halogens is 1. The van der Waals surface area contributed by atoms with Crippen LogP contribution < -0.4 is 10.6 Å². The van der Waals surface area contributed by atoms with Crippen LogP contribution in [-0.4, -0.2) is 63.8 Å². The molecule has 6 heteroatoms. The number of ether oxygens (including phenoxy) is 1. The Morgan fingerprint density at radius 3 is 2.68 bits per heavy atom. The highest BCUT2D eigenvalue weighted by atomic mass is 127. The average Bonchev–Trinajstić information content (AvgIpc) is 3.01. The molecule has 0 spiro atoms. The summed E-state index contributed by atoms with van der Waals surface area (Å²) in [6.45, 7) is 4.95. The number of nitrogens with zero attached hydrogens (tertiary/aromatic N) is 2. The minimum atomic E-state index is 0. The highest BCUT2D eigenvalue weighted by molar-refractivity contribution is 14.0. The molecular formula is C13H27IN4O. The first-order valence-electron chi connectivity index (χ1n) is 7.02. The lowest BCUT2D eigenvalue weighted by molar-refractivity contribution is 0.186. The number of guanidine groups is 1. The van der Waals surface area contributed by atoms with Crippen molar-refractivity contribution in [1.82, 2.24) is 15.5 Å². The predicted octanol–water partition coefficient (Wildman–Crippen LogP) is 0.900. The first-order chi connectivity index (χ1) is 8.79. The van der Waals surface area contributed by atoms with Crippen LogP contribution in [-0.2, 0) is 4.74 Å². The monoisotopic (exact) mass is 382 g/mol. The summed E-state index contributed by atoms with van der Waals surface area (Å²) in [7, 11) is 4.03. The van der Waals surface area contributed by atoms with Gasteiger partial charge in [0.15, 0.2) is 5.96 Å². The number of nitrogens with one attached hydrogen (secondary N) is 2. The predicted molar refractivity (Wildman–Crippen MR) is 89.4 cm³/mol. The van der Waals surface area contributed by atoms with E-state index in [-0.39, 0.29) is 24.0 Å². The van der Waals surface area contributed by atoms with Gasteiger partial charge in [-0.1, -0.05) is 0 Å². The fourth-order valence-electron chi connectivity index (χ4n) is 2.66. The van der Waals surface area contributed by atoms with Gasteiger partial charge in [0.2, 0.25) is 0 Å². The Morgan fingerprint density at radius 1 is 1.32 bits per heavy atom. The summed E-state index contributed by atoms with van der Waals surface area (Å²) in [5.41, 5.74) is 0. The molecule has 0 aromatic rings. The van der Waals surface area contributed by atoms with Gasteiger partial charge in [0, 0.05) is 38.7 Å². The van der Waals surface area contributed by atoms with Gasteiger partial charge in [-0.3, -0.25) is 4.99 Å². The Bertz CT molecular complexity index is 282. The summed E-state index contributed by atoms with van der Waals surface area (Å²) < 4.78 is 5.37. The third kappa shape index (κ3) is 5.43. The van der Waals surface area contributed by atoms with Gasteiger partial charge in [0.1, 0.15) is 0 Å². The summed E-state index contributed by atoms with van der Waals surface area (Å²) in [6.07, 6.45) is 3.76. The Balaban J connectivity index is 0.00000180. The largest absolute Gasteiger partial charge is 0.381 e. The molecule has 112 valence electrons. The lowest BCUT2D eigenvalue weighted by Gasteiger charge is -2.21. The van der Waals surface area contributed by atoms with Crippen molar-refractivity contribution in [3.63, 3.8) is 0 Å². The summed E-state index contributed by atoms with van der Waals surface area (Å²) >= 11 is 0. The molecule has 2 rings (SSSR count). The van der Waals surface area contributed by atoms with Gasteiger partial charge in [-0.25, -0.2) is 0 Å². The van der Waals surface area contributed by atoms with Crippen LogP contribution in [0.5, 0.6) is 0 Å². The first-order valence-corrected chi connectivity index (χ1v) is 7.02. The zero-order valence-electron chi connectivity index (χ0n) is 12.0. The first kappa shape index (κ1) is 17.0. The standard InChI is InChI=1S/C13H26N4O.HI/c1-14-13(15-8-11-5-7-18-10-11)16-9-12-4-3-6-17(12)2;/h11-12H,3-10H2,1-2H3,(H2,14,15,16);1H. The second-order valence-corrected chi connectivity index (χ2v) is 5.34. The van der Waals surface area contributed by atoms with E-state index < -0.39 is 0 Å². The van der Waals surface area contributed by atoms with Crippen LogP contribution >= 0.6 is 24.0 Å². The lowest BCUT2D eigenvalue weighted by atomic mass is 10.1. The van der Waals surface area contributed by atoms with Crippen LogP contribution in [0.3, 0.4) is 0 Å². The van der Waals surface area contributed by atoms with Gasteiger partial charge in [-0.2, -0.15) is 0 Å². The van der Waals surface area contributed by atoms with Crippen molar-refractivity contribution in [2.24, 2.45) is 10.9 Å². The summed E-state index contributed by atoms with van der Waals surface area (Å²) in [4.78, 5) is 6.69.